The van der Waals surface area contributed by atoms with Crippen molar-refractivity contribution < 1.29 is 14.3 Å². The topological polar surface area (TPSA) is 71.5 Å². The number of aromatic nitrogens is 1. The number of carbonyl (C=O) groups is 2. The van der Waals surface area contributed by atoms with Crippen molar-refractivity contribution in [3.8, 4) is 5.75 Å². The lowest BCUT2D eigenvalue weighted by Crippen LogP contribution is -2.39. The highest BCUT2D eigenvalue weighted by molar-refractivity contribution is 8.01. The Kier molecular flexibility index (Phi) is 7.33. The van der Waals surface area contributed by atoms with Gasteiger partial charge >= 0.3 is 0 Å². The average molecular weight is 420 g/mol. The molecular weight excluding hydrogens is 394 g/mol. The molecule has 0 aliphatic carbocycles. The number of thioether (sulfide) groups is 1. The van der Waals surface area contributed by atoms with Gasteiger partial charge in [-0.25, -0.2) is 4.98 Å². The number of rotatable bonds is 7. The molecule has 2 amide bonds. The van der Waals surface area contributed by atoms with Crippen molar-refractivity contribution in [1.29, 1.82) is 0 Å². The number of hydrogen-bond acceptors (Lipinski definition) is 6. The van der Waals surface area contributed by atoms with Gasteiger partial charge in [0.15, 0.2) is 4.34 Å². The van der Waals surface area contributed by atoms with Crippen LogP contribution in [0.25, 0.3) is 0 Å². The van der Waals surface area contributed by atoms with Gasteiger partial charge in [0, 0.05) is 30.2 Å². The van der Waals surface area contributed by atoms with Gasteiger partial charge in [-0.15, -0.1) is 11.3 Å². The summed E-state index contributed by atoms with van der Waals surface area (Å²) in [6, 6.07) is 7.25. The zero-order chi connectivity index (χ0) is 19.9. The van der Waals surface area contributed by atoms with E-state index in [4.69, 9.17) is 4.74 Å². The van der Waals surface area contributed by atoms with Crippen LogP contribution in [-0.2, 0) is 16.0 Å². The van der Waals surface area contributed by atoms with Gasteiger partial charge < -0.3 is 15.0 Å². The summed E-state index contributed by atoms with van der Waals surface area (Å²) in [4.78, 5) is 31.1. The van der Waals surface area contributed by atoms with Crippen LogP contribution in [0, 0.1) is 5.92 Å². The van der Waals surface area contributed by atoms with Crippen LogP contribution in [0.2, 0.25) is 0 Å². The van der Waals surface area contributed by atoms with Crippen LogP contribution < -0.4 is 10.1 Å². The molecule has 1 aromatic heterocycles. The first-order valence-corrected chi connectivity index (χ1v) is 11.2. The molecule has 1 atom stereocenters. The lowest BCUT2D eigenvalue weighted by Gasteiger charge is -2.30. The fourth-order valence-electron chi connectivity index (χ4n) is 3.14. The van der Waals surface area contributed by atoms with E-state index < -0.39 is 0 Å². The maximum Gasteiger partial charge on any atom is 0.234 e. The summed E-state index contributed by atoms with van der Waals surface area (Å²) in [5, 5.41) is 4.76. The Labute approximate surface area is 173 Å². The Morgan fingerprint density at radius 2 is 2.29 bits per heavy atom. The highest BCUT2D eigenvalue weighted by Gasteiger charge is 2.21. The summed E-state index contributed by atoms with van der Waals surface area (Å²) in [7, 11) is 1.59. The number of carbonyl (C=O) groups excluding carboxylic acids is 2. The molecule has 1 aliphatic rings. The maximum absolute atomic E-state index is 12.5. The van der Waals surface area contributed by atoms with Gasteiger partial charge in [-0.05, 0) is 30.9 Å². The van der Waals surface area contributed by atoms with Crippen molar-refractivity contribution in [3.63, 3.8) is 0 Å². The second-order valence-electron chi connectivity index (χ2n) is 6.94. The molecule has 1 N–H and O–H groups in total. The van der Waals surface area contributed by atoms with Crippen molar-refractivity contribution in [2.45, 2.75) is 30.5 Å². The van der Waals surface area contributed by atoms with Gasteiger partial charge in [0.25, 0.3) is 0 Å². The molecule has 150 valence electrons. The molecule has 0 saturated carbocycles. The first-order chi connectivity index (χ1) is 13.5. The molecule has 2 aromatic rings. The third-order valence-electron chi connectivity index (χ3n) is 4.55. The summed E-state index contributed by atoms with van der Waals surface area (Å²) in [6.45, 7) is 3.88. The van der Waals surface area contributed by atoms with E-state index in [-0.39, 0.29) is 17.6 Å². The molecule has 1 unspecified atom stereocenters. The van der Waals surface area contributed by atoms with E-state index in [1.807, 2.05) is 28.5 Å². The molecule has 1 saturated heterocycles. The van der Waals surface area contributed by atoms with Crippen LogP contribution in [0.4, 0.5) is 5.69 Å². The Balaban J connectivity index is 1.46. The number of amides is 2. The molecule has 0 radical (unpaired) electrons. The lowest BCUT2D eigenvalue weighted by atomic mass is 10.00. The van der Waals surface area contributed by atoms with Gasteiger partial charge in [-0.3, -0.25) is 9.59 Å². The minimum Gasteiger partial charge on any atom is -0.497 e. The van der Waals surface area contributed by atoms with E-state index in [2.05, 4.69) is 17.2 Å². The first-order valence-electron chi connectivity index (χ1n) is 9.32. The van der Waals surface area contributed by atoms with Gasteiger partial charge in [0.05, 0.1) is 25.0 Å². The molecule has 0 bridgehead atoms. The summed E-state index contributed by atoms with van der Waals surface area (Å²) in [5.41, 5.74) is 1.48. The second-order valence-corrected chi connectivity index (χ2v) is 9.02. The molecule has 0 spiro atoms. The van der Waals surface area contributed by atoms with Crippen LogP contribution in [0.15, 0.2) is 34.0 Å². The maximum atomic E-state index is 12.5. The Hall–Kier alpha value is -2.06. The van der Waals surface area contributed by atoms with Crippen LogP contribution in [0.3, 0.4) is 0 Å². The molecular formula is C20H25N3O3S2. The number of benzene rings is 1. The van der Waals surface area contributed by atoms with Crippen LogP contribution in [0.5, 0.6) is 5.75 Å². The Bertz CT molecular complexity index is 825. The van der Waals surface area contributed by atoms with Crippen molar-refractivity contribution in [1.82, 2.24) is 9.88 Å². The van der Waals surface area contributed by atoms with E-state index in [1.165, 1.54) is 29.5 Å². The first kappa shape index (κ1) is 20.7. The molecule has 6 nitrogen and oxygen atoms in total. The number of piperidine rings is 1. The van der Waals surface area contributed by atoms with Crippen LogP contribution >= 0.6 is 23.1 Å². The Morgan fingerprint density at radius 3 is 3.07 bits per heavy atom. The van der Waals surface area contributed by atoms with E-state index >= 15 is 0 Å². The minimum absolute atomic E-state index is 0.103. The minimum atomic E-state index is -0.103. The molecule has 3 rings (SSSR count). The summed E-state index contributed by atoms with van der Waals surface area (Å²) in [5.74, 6) is 1.57. The Morgan fingerprint density at radius 1 is 1.43 bits per heavy atom. The summed E-state index contributed by atoms with van der Waals surface area (Å²) >= 11 is 2.86. The number of thiazole rings is 1. The summed E-state index contributed by atoms with van der Waals surface area (Å²) < 4.78 is 5.96. The quantitative estimate of drug-likeness (QED) is 0.693. The second kappa shape index (κ2) is 9.93. The zero-order valence-electron chi connectivity index (χ0n) is 16.1. The largest absolute Gasteiger partial charge is 0.497 e. The molecule has 2 heterocycles. The van der Waals surface area contributed by atoms with Gasteiger partial charge in [0.1, 0.15) is 5.75 Å². The predicted octanol–water partition coefficient (Wildman–Crippen LogP) is 3.68. The van der Waals surface area contributed by atoms with Crippen molar-refractivity contribution in [2.24, 2.45) is 5.92 Å². The van der Waals surface area contributed by atoms with Crippen LogP contribution in [-0.4, -0.2) is 47.7 Å². The van der Waals surface area contributed by atoms with E-state index in [9.17, 15) is 9.59 Å². The highest BCUT2D eigenvalue weighted by Crippen LogP contribution is 2.24. The number of anilines is 1. The zero-order valence-corrected chi connectivity index (χ0v) is 17.8. The normalized spacial score (nSPS) is 16.6. The number of ether oxygens (including phenoxy) is 1. The van der Waals surface area contributed by atoms with Crippen molar-refractivity contribution in [2.75, 3.05) is 31.3 Å². The number of hydrogen-bond donors (Lipinski definition) is 1. The van der Waals surface area contributed by atoms with Crippen LogP contribution in [0.1, 0.15) is 25.5 Å². The third-order valence-corrected chi connectivity index (χ3v) is 6.62. The van der Waals surface area contributed by atoms with E-state index in [1.54, 1.807) is 13.2 Å². The van der Waals surface area contributed by atoms with Gasteiger partial charge in [0.2, 0.25) is 11.8 Å². The number of methoxy groups -OCH3 is 1. The molecule has 8 heteroatoms. The van der Waals surface area contributed by atoms with Gasteiger partial charge in [-0.2, -0.15) is 0 Å². The number of nitrogens with zero attached hydrogens (tertiary/aromatic N) is 2. The van der Waals surface area contributed by atoms with E-state index in [0.717, 1.165) is 29.5 Å². The SMILES string of the molecule is COc1cccc(NC(=O)CSc2nc(CC(=O)N3CCCC(C)C3)cs2)c1. The lowest BCUT2D eigenvalue weighted by molar-refractivity contribution is -0.132. The standard InChI is InChI=1S/C20H25N3O3S2/c1-14-5-4-8-23(11-14)19(25)10-16-12-27-20(22-16)28-13-18(24)21-15-6-3-7-17(9-15)26-2/h3,6-7,9,12,14H,4-5,8,10-11,13H2,1-2H3,(H,21,24). The molecule has 1 fully saturated rings. The smallest absolute Gasteiger partial charge is 0.234 e. The van der Waals surface area contributed by atoms with Gasteiger partial charge in [-0.1, -0.05) is 24.8 Å². The fourth-order valence-corrected chi connectivity index (χ4v) is 4.79. The number of likely N-dealkylation sites (tertiary alicyclic amines) is 1. The highest BCUT2D eigenvalue weighted by atomic mass is 32.2. The number of nitrogens with one attached hydrogen (secondary N) is 1. The van der Waals surface area contributed by atoms with Crippen molar-refractivity contribution >= 4 is 40.6 Å². The molecule has 1 aromatic carbocycles. The van der Waals surface area contributed by atoms with Crippen molar-refractivity contribution in [3.05, 3.63) is 35.3 Å². The van der Waals surface area contributed by atoms with E-state index in [0.29, 0.717) is 23.8 Å². The average Bonchev–Trinajstić information content (AvgIpc) is 3.14. The molecule has 1 aliphatic heterocycles. The third kappa shape index (κ3) is 5.97. The fraction of sp³-hybridized carbons (Fsp3) is 0.450. The summed E-state index contributed by atoms with van der Waals surface area (Å²) in [6.07, 6.45) is 2.60. The molecule has 28 heavy (non-hydrogen) atoms. The predicted molar refractivity (Wildman–Crippen MR) is 113 cm³/mol. The monoisotopic (exact) mass is 419 g/mol.